The van der Waals surface area contributed by atoms with Crippen LogP contribution in [-0.2, 0) is 6.54 Å². The van der Waals surface area contributed by atoms with Crippen LogP contribution in [0.4, 0.5) is 0 Å². The third-order valence-corrected chi connectivity index (χ3v) is 2.12. The van der Waals surface area contributed by atoms with Crippen LogP contribution in [-0.4, -0.2) is 26.5 Å². The average molecular weight is 238 g/mol. The second-order valence-corrected chi connectivity index (χ2v) is 3.46. The van der Waals surface area contributed by atoms with E-state index in [0.717, 1.165) is 0 Å². The van der Waals surface area contributed by atoms with E-state index in [0.29, 0.717) is 16.4 Å². The molecule has 6 nitrogen and oxygen atoms in total. The molecule has 0 saturated carbocycles. The number of nitrogens with zero attached hydrogens (tertiary/aromatic N) is 3. The van der Waals surface area contributed by atoms with Gasteiger partial charge in [-0.3, -0.25) is 4.79 Å². The molecule has 0 atom stereocenters. The van der Waals surface area contributed by atoms with Crippen molar-refractivity contribution in [2.24, 2.45) is 0 Å². The highest BCUT2D eigenvalue weighted by Crippen LogP contribution is 2.10. The minimum absolute atomic E-state index is 0.224. The van der Waals surface area contributed by atoms with Crippen LogP contribution in [0.1, 0.15) is 16.2 Å². The van der Waals surface area contributed by atoms with Gasteiger partial charge in [-0.05, 0) is 18.2 Å². The third kappa shape index (κ3) is 2.54. The number of halogens is 1. The number of H-pyrrole nitrogens is 1. The maximum absolute atomic E-state index is 11.6. The normalized spacial score (nSPS) is 10.1. The second-order valence-electron chi connectivity index (χ2n) is 3.02. The monoisotopic (exact) mass is 237 g/mol. The predicted molar refractivity (Wildman–Crippen MR) is 56.8 cm³/mol. The lowest BCUT2D eigenvalue weighted by Crippen LogP contribution is -2.23. The van der Waals surface area contributed by atoms with Crippen molar-refractivity contribution < 1.29 is 4.79 Å². The molecule has 1 amide bonds. The SMILES string of the molecule is O=C(NCc1nn[nH]n1)c1cccc(Cl)c1. The van der Waals surface area contributed by atoms with Crippen LogP contribution in [0, 0.1) is 0 Å². The molecule has 0 aliphatic carbocycles. The van der Waals surface area contributed by atoms with Crippen LogP contribution in [0.2, 0.25) is 5.02 Å². The van der Waals surface area contributed by atoms with Gasteiger partial charge in [0.1, 0.15) is 0 Å². The number of tetrazole rings is 1. The molecule has 0 aliphatic rings. The van der Waals surface area contributed by atoms with Crippen molar-refractivity contribution in [3.8, 4) is 0 Å². The van der Waals surface area contributed by atoms with Gasteiger partial charge in [0.25, 0.3) is 5.91 Å². The molecule has 0 saturated heterocycles. The molecule has 2 rings (SSSR count). The van der Waals surface area contributed by atoms with Gasteiger partial charge in [-0.25, -0.2) is 0 Å². The van der Waals surface area contributed by atoms with Gasteiger partial charge >= 0.3 is 0 Å². The first-order valence-electron chi connectivity index (χ1n) is 4.52. The number of rotatable bonds is 3. The van der Waals surface area contributed by atoms with E-state index in [1.165, 1.54) is 0 Å². The Balaban J connectivity index is 1.98. The van der Waals surface area contributed by atoms with Crippen molar-refractivity contribution in [3.05, 3.63) is 40.7 Å². The quantitative estimate of drug-likeness (QED) is 0.827. The number of benzene rings is 1. The zero-order valence-electron chi connectivity index (χ0n) is 8.14. The fraction of sp³-hybridized carbons (Fsp3) is 0.111. The highest BCUT2D eigenvalue weighted by molar-refractivity contribution is 6.30. The fourth-order valence-electron chi connectivity index (χ4n) is 1.15. The van der Waals surface area contributed by atoms with Crippen LogP contribution in [0.15, 0.2) is 24.3 Å². The first-order chi connectivity index (χ1) is 7.75. The number of hydrogen-bond acceptors (Lipinski definition) is 4. The molecule has 0 fully saturated rings. The Morgan fingerprint density at radius 1 is 1.50 bits per heavy atom. The number of amides is 1. The van der Waals surface area contributed by atoms with Crippen molar-refractivity contribution >= 4 is 17.5 Å². The van der Waals surface area contributed by atoms with Gasteiger partial charge in [-0.15, -0.1) is 10.2 Å². The summed E-state index contributed by atoms with van der Waals surface area (Å²) < 4.78 is 0. The highest BCUT2D eigenvalue weighted by Gasteiger charge is 2.06. The minimum atomic E-state index is -0.229. The maximum Gasteiger partial charge on any atom is 0.251 e. The van der Waals surface area contributed by atoms with Crippen molar-refractivity contribution in [1.82, 2.24) is 25.9 Å². The highest BCUT2D eigenvalue weighted by atomic mass is 35.5. The van der Waals surface area contributed by atoms with Gasteiger partial charge in [0.2, 0.25) is 0 Å². The Kier molecular flexibility index (Phi) is 3.11. The van der Waals surface area contributed by atoms with Gasteiger partial charge in [-0.1, -0.05) is 22.9 Å². The number of aromatic nitrogens is 4. The van der Waals surface area contributed by atoms with Crippen LogP contribution in [0.3, 0.4) is 0 Å². The van der Waals surface area contributed by atoms with E-state index in [4.69, 9.17) is 11.6 Å². The largest absolute Gasteiger partial charge is 0.345 e. The standard InChI is InChI=1S/C9H8ClN5O/c10-7-3-1-2-6(4-7)9(16)11-5-8-12-14-15-13-8/h1-4H,5H2,(H,11,16)(H,12,13,14,15). The maximum atomic E-state index is 11.6. The molecule has 1 aromatic heterocycles. The van der Waals surface area contributed by atoms with Gasteiger partial charge in [0.15, 0.2) is 5.82 Å². The van der Waals surface area contributed by atoms with Crippen molar-refractivity contribution in [3.63, 3.8) is 0 Å². The Hall–Kier alpha value is -1.95. The summed E-state index contributed by atoms with van der Waals surface area (Å²) in [6, 6.07) is 6.69. The van der Waals surface area contributed by atoms with E-state index < -0.39 is 0 Å². The molecule has 82 valence electrons. The Morgan fingerprint density at radius 2 is 2.38 bits per heavy atom. The average Bonchev–Trinajstić information content (AvgIpc) is 2.78. The first kappa shape index (κ1) is 10.6. The summed E-state index contributed by atoms with van der Waals surface area (Å²) in [5.74, 6) is 0.197. The molecular formula is C9H8ClN5O. The molecule has 1 aromatic carbocycles. The van der Waals surface area contributed by atoms with Gasteiger partial charge in [0, 0.05) is 10.6 Å². The van der Waals surface area contributed by atoms with Crippen LogP contribution < -0.4 is 5.32 Å². The van der Waals surface area contributed by atoms with E-state index >= 15 is 0 Å². The van der Waals surface area contributed by atoms with Gasteiger partial charge < -0.3 is 5.32 Å². The molecule has 2 aromatic rings. The van der Waals surface area contributed by atoms with E-state index in [2.05, 4.69) is 25.9 Å². The van der Waals surface area contributed by atoms with Crippen molar-refractivity contribution in [2.75, 3.05) is 0 Å². The minimum Gasteiger partial charge on any atom is -0.345 e. The molecule has 0 unspecified atom stereocenters. The summed E-state index contributed by atoms with van der Waals surface area (Å²) in [6.45, 7) is 0.224. The van der Waals surface area contributed by atoms with Crippen LogP contribution in [0.25, 0.3) is 0 Å². The lowest BCUT2D eigenvalue weighted by molar-refractivity contribution is 0.0950. The smallest absolute Gasteiger partial charge is 0.251 e. The summed E-state index contributed by atoms with van der Waals surface area (Å²) in [4.78, 5) is 11.6. The summed E-state index contributed by atoms with van der Waals surface area (Å²) in [6.07, 6.45) is 0. The summed E-state index contributed by atoms with van der Waals surface area (Å²) >= 11 is 5.77. The van der Waals surface area contributed by atoms with Crippen LogP contribution in [0.5, 0.6) is 0 Å². The number of carbonyl (C=O) groups excluding carboxylic acids is 1. The topological polar surface area (TPSA) is 83.6 Å². The summed E-state index contributed by atoms with van der Waals surface area (Å²) in [5.41, 5.74) is 0.496. The molecule has 16 heavy (non-hydrogen) atoms. The Labute approximate surface area is 96.0 Å². The second kappa shape index (κ2) is 4.71. The Bertz CT molecular complexity index is 484. The number of nitrogens with one attached hydrogen (secondary N) is 2. The first-order valence-corrected chi connectivity index (χ1v) is 4.89. The predicted octanol–water partition coefficient (Wildman–Crippen LogP) is 0.783. The zero-order valence-corrected chi connectivity index (χ0v) is 8.90. The molecule has 2 N–H and O–H groups in total. The van der Waals surface area contributed by atoms with Crippen LogP contribution >= 0.6 is 11.6 Å². The third-order valence-electron chi connectivity index (χ3n) is 1.88. The summed E-state index contributed by atoms with van der Waals surface area (Å²) in [5, 5.41) is 16.3. The molecule has 0 bridgehead atoms. The number of aromatic amines is 1. The van der Waals surface area contributed by atoms with E-state index in [9.17, 15) is 4.79 Å². The lowest BCUT2D eigenvalue weighted by Gasteiger charge is -2.02. The molecule has 0 radical (unpaired) electrons. The Morgan fingerprint density at radius 3 is 3.06 bits per heavy atom. The number of hydrogen-bond donors (Lipinski definition) is 2. The zero-order chi connectivity index (χ0) is 11.4. The summed E-state index contributed by atoms with van der Waals surface area (Å²) in [7, 11) is 0. The molecular weight excluding hydrogens is 230 g/mol. The number of carbonyl (C=O) groups is 1. The van der Waals surface area contributed by atoms with Gasteiger partial charge in [-0.2, -0.15) is 5.21 Å². The van der Waals surface area contributed by atoms with E-state index in [1.54, 1.807) is 24.3 Å². The molecule has 0 aliphatic heterocycles. The molecule has 1 heterocycles. The van der Waals surface area contributed by atoms with Crippen molar-refractivity contribution in [1.29, 1.82) is 0 Å². The molecule has 0 spiro atoms. The molecule has 7 heteroatoms. The lowest BCUT2D eigenvalue weighted by atomic mass is 10.2. The van der Waals surface area contributed by atoms with Crippen molar-refractivity contribution in [2.45, 2.75) is 6.54 Å². The van der Waals surface area contributed by atoms with E-state index in [1.807, 2.05) is 0 Å². The van der Waals surface area contributed by atoms with E-state index in [-0.39, 0.29) is 12.5 Å². The fourth-order valence-corrected chi connectivity index (χ4v) is 1.34. The van der Waals surface area contributed by atoms with Gasteiger partial charge in [0.05, 0.1) is 6.54 Å².